The third kappa shape index (κ3) is 3.42. The average molecular weight is 211 g/mol. The number of hydrogen-bond acceptors (Lipinski definition) is 3. The van der Waals surface area contributed by atoms with E-state index in [4.69, 9.17) is 5.53 Å². The summed E-state index contributed by atoms with van der Waals surface area (Å²) in [7, 11) is 0. The number of hydrogen-bond donors (Lipinski definition) is 1. The molecular weight excluding hydrogens is 194 g/mol. The summed E-state index contributed by atoms with van der Waals surface area (Å²) < 4.78 is 0. The van der Waals surface area contributed by atoms with Crippen molar-refractivity contribution in [3.05, 3.63) is 10.4 Å². The second-order valence-corrected chi connectivity index (χ2v) is 3.56. The molecule has 0 saturated carbocycles. The Kier molecular flexibility index (Phi) is 4.93. The molecule has 1 aliphatic rings. The van der Waals surface area contributed by atoms with Crippen LogP contribution in [0.2, 0.25) is 0 Å². The van der Waals surface area contributed by atoms with Gasteiger partial charge < -0.3 is 5.32 Å². The number of carbonyl (C=O) groups is 1. The molecule has 15 heavy (non-hydrogen) atoms. The maximum atomic E-state index is 11.5. The summed E-state index contributed by atoms with van der Waals surface area (Å²) in [5, 5.41) is 6.33. The van der Waals surface area contributed by atoms with Gasteiger partial charge in [0.15, 0.2) is 0 Å². The molecule has 0 aliphatic carbocycles. The van der Waals surface area contributed by atoms with Crippen molar-refractivity contribution in [2.24, 2.45) is 5.11 Å². The van der Waals surface area contributed by atoms with E-state index in [0.717, 1.165) is 32.5 Å². The molecule has 0 bridgehead atoms. The molecule has 0 spiro atoms. The van der Waals surface area contributed by atoms with E-state index >= 15 is 0 Å². The number of rotatable bonds is 5. The minimum atomic E-state index is -0.00943. The lowest BCUT2D eigenvalue weighted by atomic mass is 10.1. The first kappa shape index (κ1) is 11.8. The van der Waals surface area contributed by atoms with E-state index in [1.807, 2.05) is 6.92 Å². The maximum Gasteiger partial charge on any atom is 0.237 e. The van der Waals surface area contributed by atoms with E-state index in [2.05, 4.69) is 20.2 Å². The molecule has 0 radical (unpaired) electrons. The van der Waals surface area contributed by atoms with Gasteiger partial charge >= 0.3 is 0 Å². The van der Waals surface area contributed by atoms with E-state index < -0.39 is 0 Å². The summed E-state index contributed by atoms with van der Waals surface area (Å²) >= 11 is 0. The molecule has 0 aromatic heterocycles. The molecule has 1 fully saturated rings. The van der Waals surface area contributed by atoms with E-state index in [1.54, 1.807) is 0 Å². The molecule has 1 atom stereocenters. The van der Waals surface area contributed by atoms with Gasteiger partial charge in [-0.05, 0) is 24.9 Å². The molecule has 0 aromatic carbocycles. The Morgan fingerprint density at radius 3 is 3.20 bits per heavy atom. The number of nitrogens with zero attached hydrogens (tertiary/aromatic N) is 4. The van der Waals surface area contributed by atoms with Crippen LogP contribution < -0.4 is 5.32 Å². The molecular formula is C9H17N5O. The maximum absolute atomic E-state index is 11.5. The predicted octanol–water partition coefficient (Wildman–Crippen LogP) is 0.897. The van der Waals surface area contributed by atoms with Crippen molar-refractivity contribution >= 4 is 5.91 Å². The van der Waals surface area contributed by atoms with Crippen LogP contribution in [0.15, 0.2) is 5.11 Å². The molecule has 1 amide bonds. The van der Waals surface area contributed by atoms with Gasteiger partial charge in [-0.15, -0.1) is 0 Å². The van der Waals surface area contributed by atoms with Crippen LogP contribution in [-0.2, 0) is 4.79 Å². The minimum Gasteiger partial charge on any atom is -0.353 e. The summed E-state index contributed by atoms with van der Waals surface area (Å²) in [6, 6.07) is -0.00943. The van der Waals surface area contributed by atoms with Gasteiger partial charge in [0.2, 0.25) is 5.91 Å². The molecule has 0 aromatic rings. The number of nitrogens with one attached hydrogen (secondary N) is 1. The SMILES string of the molecule is CCC1C(=O)NCCN1CCCN=[N+]=[N-]. The summed E-state index contributed by atoms with van der Waals surface area (Å²) in [6.45, 7) is 4.95. The lowest BCUT2D eigenvalue weighted by Gasteiger charge is -2.34. The summed E-state index contributed by atoms with van der Waals surface area (Å²) in [6.07, 6.45) is 1.64. The molecule has 6 heteroatoms. The van der Waals surface area contributed by atoms with Crippen LogP contribution in [0.4, 0.5) is 0 Å². The molecule has 1 unspecified atom stereocenters. The highest BCUT2D eigenvalue weighted by molar-refractivity contribution is 5.82. The smallest absolute Gasteiger partial charge is 0.237 e. The van der Waals surface area contributed by atoms with Crippen molar-refractivity contribution in [1.82, 2.24) is 10.2 Å². The van der Waals surface area contributed by atoms with Crippen molar-refractivity contribution in [3.8, 4) is 0 Å². The summed E-state index contributed by atoms with van der Waals surface area (Å²) in [5.74, 6) is 0.118. The van der Waals surface area contributed by atoms with Crippen molar-refractivity contribution in [2.45, 2.75) is 25.8 Å². The second kappa shape index (κ2) is 6.27. The zero-order chi connectivity index (χ0) is 11.1. The van der Waals surface area contributed by atoms with E-state index in [9.17, 15) is 4.79 Å². The zero-order valence-electron chi connectivity index (χ0n) is 9.02. The fourth-order valence-corrected chi connectivity index (χ4v) is 1.86. The first-order valence-electron chi connectivity index (χ1n) is 5.32. The Labute approximate surface area is 89.3 Å². The third-order valence-corrected chi connectivity index (χ3v) is 2.60. The molecule has 84 valence electrons. The van der Waals surface area contributed by atoms with Gasteiger partial charge in [-0.1, -0.05) is 12.0 Å². The predicted molar refractivity (Wildman–Crippen MR) is 57.3 cm³/mol. The molecule has 1 saturated heterocycles. The number of piperazine rings is 1. The van der Waals surface area contributed by atoms with Crippen molar-refractivity contribution in [2.75, 3.05) is 26.2 Å². The Balaban J connectivity index is 2.37. The largest absolute Gasteiger partial charge is 0.353 e. The van der Waals surface area contributed by atoms with Gasteiger partial charge in [-0.2, -0.15) is 0 Å². The van der Waals surface area contributed by atoms with Gasteiger partial charge in [-0.25, -0.2) is 0 Å². The van der Waals surface area contributed by atoms with Crippen LogP contribution in [0.3, 0.4) is 0 Å². The molecule has 1 aliphatic heterocycles. The molecule has 1 N–H and O–H groups in total. The van der Waals surface area contributed by atoms with Gasteiger partial charge in [-0.3, -0.25) is 9.69 Å². The Morgan fingerprint density at radius 2 is 2.53 bits per heavy atom. The third-order valence-electron chi connectivity index (χ3n) is 2.60. The first-order valence-corrected chi connectivity index (χ1v) is 5.32. The molecule has 1 rings (SSSR count). The minimum absolute atomic E-state index is 0.00943. The molecule has 1 heterocycles. The first-order chi connectivity index (χ1) is 7.29. The highest BCUT2D eigenvalue weighted by Crippen LogP contribution is 2.08. The Hall–Kier alpha value is -1.26. The van der Waals surface area contributed by atoms with Crippen molar-refractivity contribution in [1.29, 1.82) is 0 Å². The van der Waals surface area contributed by atoms with Crippen LogP contribution in [0, 0.1) is 0 Å². The average Bonchev–Trinajstić information content (AvgIpc) is 2.24. The van der Waals surface area contributed by atoms with Crippen LogP contribution in [0.5, 0.6) is 0 Å². The Bertz CT molecular complexity index is 261. The van der Waals surface area contributed by atoms with Crippen LogP contribution in [0.1, 0.15) is 19.8 Å². The zero-order valence-corrected chi connectivity index (χ0v) is 9.02. The van der Waals surface area contributed by atoms with Gasteiger partial charge in [0.25, 0.3) is 0 Å². The van der Waals surface area contributed by atoms with Gasteiger partial charge in [0.1, 0.15) is 0 Å². The number of azide groups is 1. The van der Waals surface area contributed by atoms with Crippen LogP contribution in [-0.4, -0.2) is 43.0 Å². The highest BCUT2D eigenvalue weighted by Gasteiger charge is 2.26. The second-order valence-electron chi connectivity index (χ2n) is 3.56. The number of amides is 1. The van der Waals surface area contributed by atoms with Crippen LogP contribution in [0.25, 0.3) is 10.4 Å². The fraction of sp³-hybridized carbons (Fsp3) is 0.889. The molecule has 6 nitrogen and oxygen atoms in total. The van der Waals surface area contributed by atoms with E-state index in [-0.39, 0.29) is 11.9 Å². The lowest BCUT2D eigenvalue weighted by molar-refractivity contribution is -0.129. The quantitative estimate of drug-likeness (QED) is 0.317. The lowest BCUT2D eigenvalue weighted by Crippen LogP contribution is -2.55. The van der Waals surface area contributed by atoms with E-state index in [1.165, 1.54) is 0 Å². The van der Waals surface area contributed by atoms with Crippen molar-refractivity contribution < 1.29 is 4.79 Å². The Morgan fingerprint density at radius 1 is 1.73 bits per heavy atom. The van der Waals surface area contributed by atoms with Gasteiger partial charge in [0.05, 0.1) is 6.04 Å². The normalized spacial score (nSPS) is 21.9. The van der Waals surface area contributed by atoms with Crippen molar-refractivity contribution in [3.63, 3.8) is 0 Å². The topological polar surface area (TPSA) is 81.1 Å². The fourth-order valence-electron chi connectivity index (χ4n) is 1.86. The standard InChI is InChI=1S/C9H17N5O/c1-2-8-9(15)11-5-7-14(8)6-3-4-12-13-10/h8H,2-7H2,1H3,(H,11,15). The van der Waals surface area contributed by atoms with Crippen LogP contribution >= 0.6 is 0 Å². The monoisotopic (exact) mass is 211 g/mol. The van der Waals surface area contributed by atoms with Gasteiger partial charge in [0, 0.05) is 24.5 Å². The summed E-state index contributed by atoms with van der Waals surface area (Å²) in [5.41, 5.74) is 8.12. The summed E-state index contributed by atoms with van der Waals surface area (Å²) in [4.78, 5) is 16.3. The van der Waals surface area contributed by atoms with E-state index in [0.29, 0.717) is 6.54 Å². The number of carbonyl (C=O) groups excluding carboxylic acids is 1. The highest BCUT2D eigenvalue weighted by atomic mass is 16.2.